The highest BCUT2D eigenvalue weighted by atomic mass is 16.5. The van der Waals surface area contributed by atoms with Crippen LogP contribution in [0.4, 0.5) is 0 Å². The van der Waals surface area contributed by atoms with Crippen LogP contribution in [-0.2, 0) is 0 Å². The summed E-state index contributed by atoms with van der Waals surface area (Å²) in [6.07, 6.45) is 1.49. The Morgan fingerprint density at radius 1 is 1.32 bits per heavy atom. The average molecular weight is 302 g/mol. The normalized spacial score (nSPS) is 22.5. The zero-order valence-electron chi connectivity index (χ0n) is 13.5. The molecule has 22 heavy (non-hydrogen) atoms. The number of fused-ring (bicyclic) bond motifs is 3. The molecule has 3 rings (SSSR count). The fourth-order valence-corrected chi connectivity index (χ4v) is 3.35. The standard InChI is InChI=1S/C18H22O4/c1-10-5-7-13(18(2,3)20)16(19)15-12-9-11(21-4)6-8-14(12)22-17(10)15/h6,8-10,13,20H,5,7H2,1-4H3/t10-,13?/m0/s1. The van der Waals surface area contributed by atoms with Crippen LogP contribution in [0.25, 0.3) is 11.0 Å². The Morgan fingerprint density at radius 3 is 2.68 bits per heavy atom. The van der Waals surface area contributed by atoms with Crippen molar-refractivity contribution in [3.05, 3.63) is 29.5 Å². The Hall–Kier alpha value is -1.81. The van der Waals surface area contributed by atoms with Crippen molar-refractivity contribution in [2.75, 3.05) is 7.11 Å². The zero-order valence-corrected chi connectivity index (χ0v) is 13.5. The number of hydrogen-bond donors (Lipinski definition) is 1. The summed E-state index contributed by atoms with van der Waals surface area (Å²) in [7, 11) is 1.60. The highest BCUT2D eigenvalue weighted by molar-refractivity contribution is 6.10. The number of methoxy groups -OCH3 is 1. The molecule has 0 spiro atoms. The van der Waals surface area contributed by atoms with Gasteiger partial charge in [0.25, 0.3) is 0 Å². The van der Waals surface area contributed by atoms with Crippen molar-refractivity contribution in [1.29, 1.82) is 0 Å². The average Bonchev–Trinajstić information content (AvgIpc) is 2.78. The van der Waals surface area contributed by atoms with Crippen LogP contribution in [0.15, 0.2) is 22.6 Å². The van der Waals surface area contributed by atoms with Gasteiger partial charge in [0.15, 0.2) is 5.78 Å². The molecule has 0 aliphatic heterocycles. The van der Waals surface area contributed by atoms with Gasteiger partial charge in [-0.25, -0.2) is 0 Å². The number of rotatable bonds is 2. The first-order chi connectivity index (χ1) is 10.3. The molecule has 0 bridgehead atoms. The fraction of sp³-hybridized carbons (Fsp3) is 0.500. The van der Waals surface area contributed by atoms with Gasteiger partial charge in [0, 0.05) is 11.3 Å². The number of ether oxygens (including phenoxy) is 1. The molecule has 1 N–H and O–H groups in total. The predicted octanol–water partition coefficient (Wildman–Crippen LogP) is 3.91. The first-order valence-electron chi connectivity index (χ1n) is 7.70. The molecule has 0 saturated carbocycles. The molecule has 0 fully saturated rings. The van der Waals surface area contributed by atoms with Crippen LogP contribution in [0, 0.1) is 5.92 Å². The monoisotopic (exact) mass is 302 g/mol. The Labute approximate surface area is 130 Å². The Morgan fingerprint density at radius 2 is 2.05 bits per heavy atom. The summed E-state index contributed by atoms with van der Waals surface area (Å²) in [6, 6.07) is 5.50. The van der Waals surface area contributed by atoms with Gasteiger partial charge in [-0.15, -0.1) is 0 Å². The van der Waals surface area contributed by atoms with Gasteiger partial charge in [-0.05, 0) is 44.9 Å². The number of furan rings is 1. The van der Waals surface area contributed by atoms with Crippen molar-refractivity contribution in [2.45, 2.75) is 45.1 Å². The van der Waals surface area contributed by atoms with E-state index < -0.39 is 11.5 Å². The number of ketones is 1. The van der Waals surface area contributed by atoms with Crippen LogP contribution in [0.2, 0.25) is 0 Å². The van der Waals surface area contributed by atoms with Crippen molar-refractivity contribution < 1.29 is 19.1 Å². The number of Topliss-reactive ketones (excluding diaryl/α,β-unsaturated/α-hetero) is 1. The molecule has 1 aromatic carbocycles. The lowest BCUT2D eigenvalue weighted by molar-refractivity contribution is 0.0163. The maximum absolute atomic E-state index is 13.0. The van der Waals surface area contributed by atoms with Gasteiger partial charge >= 0.3 is 0 Å². The van der Waals surface area contributed by atoms with E-state index in [0.29, 0.717) is 23.3 Å². The molecule has 118 valence electrons. The van der Waals surface area contributed by atoms with Crippen molar-refractivity contribution in [2.24, 2.45) is 5.92 Å². The van der Waals surface area contributed by atoms with E-state index in [4.69, 9.17) is 9.15 Å². The van der Waals surface area contributed by atoms with Crippen molar-refractivity contribution in [1.82, 2.24) is 0 Å². The summed E-state index contributed by atoms with van der Waals surface area (Å²) >= 11 is 0. The summed E-state index contributed by atoms with van der Waals surface area (Å²) in [5.74, 6) is 1.15. The predicted molar refractivity (Wildman–Crippen MR) is 84.5 cm³/mol. The van der Waals surface area contributed by atoms with Crippen molar-refractivity contribution in [3.8, 4) is 5.75 Å². The molecule has 1 aliphatic rings. The number of carbonyl (C=O) groups excluding carboxylic acids is 1. The third-order valence-electron chi connectivity index (χ3n) is 4.67. The third-order valence-corrected chi connectivity index (χ3v) is 4.67. The highest BCUT2D eigenvalue weighted by Crippen LogP contribution is 2.42. The summed E-state index contributed by atoms with van der Waals surface area (Å²) in [4.78, 5) is 13.0. The molecule has 1 heterocycles. The van der Waals surface area contributed by atoms with Gasteiger partial charge in [-0.3, -0.25) is 4.79 Å². The summed E-state index contributed by atoms with van der Waals surface area (Å²) < 4.78 is 11.2. The summed E-state index contributed by atoms with van der Waals surface area (Å²) in [5.41, 5.74) is 0.273. The lowest BCUT2D eigenvalue weighted by atomic mass is 9.82. The van der Waals surface area contributed by atoms with Crippen molar-refractivity contribution >= 4 is 16.8 Å². The number of aliphatic hydroxyl groups is 1. The van der Waals surface area contributed by atoms with Crippen molar-refractivity contribution in [3.63, 3.8) is 0 Å². The molecule has 1 aliphatic carbocycles. The molecule has 0 radical (unpaired) electrons. The Balaban J connectivity index is 2.24. The first kappa shape index (κ1) is 15.1. The lowest BCUT2D eigenvalue weighted by Crippen LogP contribution is -2.36. The lowest BCUT2D eigenvalue weighted by Gasteiger charge is -2.27. The van der Waals surface area contributed by atoms with Crippen LogP contribution >= 0.6 is 0 Å². The minimum atomic E-state index is -1.04. The van der Waals surface area contributed by atoms with Gasteiger partial charge in [0.2, 0.25) is 0 Å². The number of hydrogen-bond acceptors (Lipinski definition) is 4. The quantitative estimate of drug-likeness (QED) is 0.854. The molecule has 4 nitrogen and oxygen atoms in total. The van der Waals surface area contributed by atoms with E-state index in [9.17, 15) is 9.90 Å². The fourth-order valence-electron chi connectivity index (χ4n) is 3.35. The highest BCUT2D eigenvalue weighted by Gasteiger charge is 2.40. The van der Waals surface area contributed by atoms with Crippen LogP contribution in [-0.4, -0.2) is 23.6 Å². The first-order valence-corrected chi connectivity index (χ1v) is 7.70. The second-order valence-corrected chi connectivity index (χ2v) is 6.75. The maximum atomic E-state index is 13.0. The van der Waals surface area contributed by atoms with E-state index in [1.807, 2.05) is 18.2 Å². The summed E-state index contributed by atoms with van der Waals surface area (Å²) in [6.45, 7) is 5.47. The minimum Gasteiger partial charge on any atom is -0.497 e. The summed E-state index contributed by atoms with van der Waals surface area (Å²) in [5, 5.41) is 11.2. The van der Waals surface area contributed by atoms with Crippen LogP contribution in [0.3, 0.4) is 0 Å². The smallest absolute Gasteiger partial charge is 0.172 e. The molecule has 1 unspecified atom stereocenters. The van der Waals surface area contributed by atoms with E-state index in [2.05, 4.69) is 6.92 Å². The van der Waals surface area contributed by atoms with Gasteiger partial charge in [-0.2, -0.15) is 0 Å². The minimum absolute atomic E-state index is 0.0288. The van der Waals surface area contributed by atoms with Gasteiger partial charge in [0.1, 0.15) is 17.1 Å². The number of carbonyl (C=O) groups is 1. The number of benzene rings is 1. The van der Waals surface area contributed by atoms with E-state index in [0.717, 1.165) is 17.6 Å². The van der Waals surface area contributed by atoms with E-state index in [1.165, 1.54) is 0 Å². The molecule has 0 saturated heterocycles. The zero-order chi connectivity index (χ0) is 16.1. The topological polar surface area (TPSA) is 59.7 Å². The molecule has 2 atom stereocenters. The second-order valence-electron chi connectivity index (χ2n) is 6.75. The van der Waals surface area contributed by atoms with Crippen LogP contribution in [0.5, 0.6) is 5.75 Å². The molecular formula is C18H22O4. The van der Waals surface area contributed by atoms with Gasteiger partial charge in [0.05, 0.1) is 24.2 Å². The molecule has 2 aromatic rings. The maximum Gasteiger partial charge on any atom is 0.172 e. The Bertz CT molecular complexity index is 720. The Kier molecular flexibility index (Phi) is 3.52. The van der Waals surface area contributed by atoms with Crippen LogP contribution < -0.4 is 4.74 Å². The molecule has 0 amide bonds. The second kappa shape index (κ2) is 5.13. The van der Waals surface area contributed by atoms with E-state index in [-0.39, 0.29) is 11.7 Å². The molecule has 1 aromatic heterocycles. The molecule has 4 heteroatoms. The SMILES string of the molecule is COc1ccc2oc3c(c2c1)C(=O)C(C(C)(C)O)CC[C@@H]3C. The van der Waals surface area contributed by atoms with Gasteiger partial charge < -0.3 is 14.3 Å². The largest absolute Gasteiger partial charge is 0.497 e. The molecular weight excluding hydrogens is 280 g/mol. The van der Waals surface area contributed by atoms with E-state index in [1.54, 1.807) is 21.0 Å². The van der Waals surface area contributed by atoms with Crippen LogP contribution in [0.1, 0.15) is 55.6 Å². The van der Waals surface area contributed by atoms with Gasteiger partial charge in [-0.1, -0.05) is 6.92 Å². The van der Waals surface area contributed by atoms with E-state index >= 15 is 0 Å². The third kappa shape index (κ3) is 2.31.